The standard InChI is InChI=1S/C10H15N/c1-7-2-8-4-9(3-7)10(5-8)6-11/h7-10H,2-5H2,1H3. The third kappa shape index (κ3) is 1.15. The molecule has 0 radical (unpaired) electrons. The second-order valence-electron chi connectivity index (χ2n) is 4.41. The topological polar surface area (TPSA) is 23.8 Å². The highest BCUT2D eigenvalue weighted by molar-refractivity contribution is 4.98. The number of fused-ring (bicyclic) bond motifs is 2. The van der Waals surface area contributed by atoms with Gasteiger partial charge in [-0.2, -0.15) is 5.26 Å². The summed E-state index contributed by atoms with van der Waals surface area (Å²) in [5, 5.41) is 8.85. The Morgan fingerprint density at radius 3 is 2.73 bits per heavy atom. The molecule has 2 bridgehead atoms. The van der Waals surface area contributed by atoms with Gasteiger partial charge in [0.25, 0.3) is 0 Å². The van der Waals surface area contributed by atoms with Crippen molar-refractivity contribution in [1.29, 1.82) is 5.26 Å². The van der Waals surface area contributed by atoms with E-state index in [0.29, 0.717) is 5.92 Å². The number of rotatable bonds is 0. The summed E-state index contributed by atoms with van der Waals surface area (Å²) < 4.78 is 0. The van der Waals surface area contributed by atoms with E-state index in [2.05, 4.69) is 13.0 Å². The molecule has 2 aliphatic carbocycles. The molecule has 0 N–H and O–H groups in total. The van der Waals surface area contributed by atoms with Crippen LogP contribution in [0.1, 0.15) is 32.6 Å². The van der Waals surface area contributed by atoms with Crippen molar-refractivity contribution in [3.05, 3.63) is 0 Å². The van der Waals surface area contributed by atoms with Crippen LogP contribution < -0.4 is 0 Å². The Kier molecular flexibility index (Phi) is 1.64. The van der Waals surface area contributed by atoms with Crippen LogP contribution in [0.5, 0.6) is 0 Å². The molecule has 0 spiro atoms. The van der Waals surface area contributed by atoms with E-state index >= 15 is 0 Å². The molecule has 2 aliphatic rings. The van der Waals surface area contributed by atoms with E-state index in [0.717, 1.165) is 17.8 Å². The van der Waals surface area contributed by atoms with Gasteiger partial charge in [-0.15, -0.1) is 0 Å². The largest absolute Gasteiger partial charge is 0.198 e. The molecule has 0 aromatic heterocycles. The molecule has 2 saturated carbocycles. The molecule has 0 aromatic rings. The van der Waals surface area contributed by atoms with E-state index in [1.165, 1.54) is 25.7 Å². The SMILES string of the molecule is CC1CC2CC(C#N)C(C1)C2. The zero-order chi connectivity index (χ0) is 7.84. The molecule has 4 unspecified atom stereocenters. The van der Waals surface area contributed by atoms with Crippen molar-refractivity contribution in [2.24, 2.45) is 23.7 Å². The molecule has 1 heteroatoms. The third-order valence-electron chi connectivity index (χ3n) is 3.40. The van der Waals surface area contributed by atoms with Crippen LogP contribution in [-0.2, 0) is 0 Å². The minimum absolute atomic E-state index is 0.407. The van der Waals surface area contributed by atoms with Gasteiger partial charge in [0.15, 0.2) is 0 Å². The molecule has 4 atom stereocenters. The minimum Gasteiger partial charge on any atom is -0.198 e. The van der Waals surface area contributed by atoms with Gasteiger partial charge in [0, 0.05) is 5.92 Å². The van der Waals surface area contributed by atoms with E-state index in [-0.39, 0.29) is 0 Å². The van der Waals surface area contributed by atoms with Crippen LogP contribution in [-0.4, -0.2) is 0 Å². The molecule has 0 heterocycles. The molecule has 2 fully saturated rings. The van der Waals surface area contributed by atoms with E-state index in [4.69, 9.17) is 5.26 Å². The van der Waals surface area contributed by atoms with Crippen molar-refractivity contribution in [2.75, 3.05) is 0 Å². The Labute approximate surface area is 68.4 Å². The molecule has 0 aliphatic heterocycles. The lowest BCUT2D eigenvalue weighted by Crippen LogP contribution is -2.14. The van der Waals surface area contributed by atoms with Gasteiger partial charge >= 0.3 is 0 Å². The third-order valence-corrected chi connectivity index (χ3v) is 3.40. The fourth-order valence-corrected chi connectivity index (χ4v) is 3.03. The highest BCUT2D eigenvalue weighted by atomic mass is 14.4. The zero-order valence-electron chi connectivity index (χ0n) is 7.09. The smallest absolute Gasteiger partial charge is 0.0658 e. The maximum atomic E-state index is 8.85. The number of hydrogen-bond acceptors (Lipinski definition) is 1. The van der Waals surface area contributed by atoms with Gasteiger partial charge in [-0.1, -0.05) is 6.92 Å². The Bertz CT molecular complexity index is 192. The fraction of sp³-hybridized carbons (Fsp3) is 0.900. The minimum atomic E-state index is 0.407. The second-order valence-corrected chi connectivity index (χ2v) is 4.41. The van der Waals surface area contributed by atoms with Crippen molar-refractivity contribution >= 4 is 0 Å². The van der Waals surface area contributed by atoms with Crippen LogP contribution in [0.3, 0.4) is 0 Å². The van der Waals surface area contributed by atoms with Crippen LogP contribution in [0.15, 0.2) is 0 Å². The summed E-state index contributed by atoms with van der Waals surface area (Å²) in [5.74, 6) is 2.95. The predicted octanol–water partition coefficient (Wildman–Crippen LogP) is 2.58. The summed E-state index contributed by atoms with van der Waals surface area (Å²) in [6, 6.07) is 2.46. The average molecular weight is 149 g/mol. The van der Waals surface area contributed by atoms with Gasteiger partial charge in [-0.3, -0.25) is 0 Å². The van der Waals surface area contributed by atoms with Gasteiger partial charge < -0.3 is 0 Å². The van der Waals surface area contributed by atoms with Crippen LogP contribution in [0, 0.1) is 35.0 Å². The normalized spacial score (nSPS) is 48.7. The number of hydrogen-bond donors (Lipinski definition) is 0. The van der Waals surface area contributed by atoms with Crippen LogP contribution in [0.2, 0.25) is 0 Å². The summed E-state index contributed by atoms with van der Waals surface area (Å²) in [5.41, 5.74) is 0. The van der Waals surface area contributed by atoms with Crippen molar-refractivity contribution < 1.29 is 0 Å². The van der Waals surface area contributed by atoms with E-state index < -0.39 is 0 Å². The van der Waals surface area contributed by atoms with Crippen molar-refractivity contribution in [1.82, 2.24) is 0 Å². The summed E-state index contributed by atoms with van der Waals surface area (Å²) >= 11 is 0. The predicted molar refractivity (Wildman–Crippen MR) is 43.7 cm³/mol. The van der Waals surface area contributed by atoms with E-state index in [1.807, 2.05) is 0 Å². The Hall–Kier alpha value is -0.510. The Morgan fingerprint density at radius 2 is 2.00 bits per heavy atom. The first-order valence-electron chi connectivity index (χ1n) is 4.69. The van der Waals surface area contributed by atoms with Crippen LogP contribution >= 0.6 is 0 Å². The monoisotopic (exact) mass is 149 g/mol. The quantitative estimate of drug-likeness (QED) is 0.519. The molecular weight excluding hydrogens is 134 g/mol. The molecule has 1 nitrogen and oxygen atoms in total. The molecule has 2 rings (SSSR count). The highest BCUT2D eigenvalue weighted by Crippen LogP contribution is 2.47. The van der Waals surface area contributed by atoms with Crippen LogP contribution in [0.4, 0.5) is 0 Å². The Morgan fingerprint density at radius 1 is 1.18 bits per heavy atom. The molecule has 60 valence electrons. The first kappa shape index (κ1) is 7.16. The molecule has 0 aromatic carbocycles. The molecule has 0 amide bonds. The molecular formula is C10H15N. The van der Waals surface area contributed by atoms with E-state index in [9.17, 15) is 0 Å². The summed E-state index contributed by atoms with van der Waals surface area (Å²) in [6.07, 6.45) is 5.25. The van der Waals surface area contributed by atoms with Crippen molar-refractivity contribution in [3.63, 3.8) is 0 Å². The highest BCUT2D eigenvalue weighted by Gasteiger charge is 2.39. The summed E-state index contributed by atoms with van der Waals surface area (Å²) in [4.78, 5) is 0. The van der Waals surface area contributed by atoms with Crippen molar-refractivity contribution in [2.45, 2.75) is 32.6 Å². The maximum Gasteiger partial charge on any atom is 0.0658 e. The van der Waals surface area contributed by atoms with Crippen molar-refractivity contribution in [3.8, 4) is 6.07 Å². The summed E-state index contributed by atoms with van der Waals surface area (Å²) in [6.45, 7) is 2.33. The molecule has 0 saturated heterocycles. The lowest BCUT2D eigenvalue weighted by molar-refractivity contribution is 0.270. The first-order chi connectivity index (χ1) is 5.29. The number of nitriles is 1. The zero-order valence-corrected chi connectivity index (χ0v) is 7.09. The van der Waals surface area contributed by atoms with Crippen LogP contribution in [0.25, 0.3) is 0 Å². The molecule has 11 heavy (non-hydrogen) atoms. The average Bonchev–Trinajstić information content (AvgIpc) is 2.25. The fourth-order valence-electron chi connectivity index (χ4n) is 3.03. The van der Waals surface area contributed by atoms with Gasteiger partial charge in [-0.25, -0.2) is 0 Å². The lowest BCUT2D eigenvalue weighted by atomic mass is 9.81. The lowest BCUT2D eigenvalue weighted by Gasteiger charge is -2.24. The van der Waals surface area contributed by atoms with Gasteiger partial charge in [0.2, 0.25) is 0 Å². The number of nitrogens with zero attached hydrogens (tertiary/aromatic N) is 1. The Balaban J connectivity index is 2.09. The van der Waals surface area contributed by atoms with Gasteiger partial charge in [-0.05, 0) is 43.4 Å². The second kappa shape index (κ2) is 2.52. The first-order valence-corrected chi connectivity index (χ1v) is 4.69. The van der Waals surface area contributed by atoms with E-state index in [1.54, 1.807) is 0 Å². The maximum absolute atomic E-state index is 8.85. The van der Waals surface area contributed by atoms with Gasteiger partial charge in [0.05, 0.1) is 6.07 Å². The van der Waals surface area contributed by atoms with Gasteiger partial charge in [0.1, 0.15) is 0 Å². The summed E-state index contributed by atoms with van der Waals surface area (Å²) in [7, 11) is 0.